The van der Waals surface area contributed by atoms with Gasteiger partial charge in [-0.1, -0.05) is 13.3 Å². The topological polar surface area (TPSA) is 97.8 Å². The predicted octanol–water partition coefficient (Wildman–Crippen LogP) is 0.261. The molecule has 148 valence electrons. The van der Waals surface area contributed by atoms with Gasteiger partial charge in [0.15, 0.2) is 23.9 Å². The fourth-order valence-electron chi connectivity index (χ4n) is 2.84. The summed E-state index contributed by atoms with van der Waals surface area (Å²) >= 11 is 0. The van der Waals surface area contributed by atoms with Crippen molar-refractivity contribution in [1.82, 2.24) is 15.3 Å². The quantitative estimate of drug-likeness (QED) is 0.516. The summed E-state index contributed by atoms with van der Waals surface area (Å²) in [7, 11) is 3.06. The maximum absolute atomic E-state index is 12.5. The minimum Gasteiger partial charge on any atom is -0.493 e. The number of nitrogens with one attached hydrogen (secondary N) is 3. The molecule has 2 rings (SSSR count). The second-order valence-electron chi connectivity index (χ2n) is 6.40. The van der Waals surface area contributed by atoms with E-state index < -0.39 is 0 Å². The summed E-state index contributed by atoms with van der Waals surface area (Å²) in [6, 6.07) is 3.31. The van der Waals surface area contributed by atoms with Crippen molar-refractivity contribution in [3.05, 3.63) is 28.3 Å². The third-order valence-electron chi connectivity index (χ3n) is 4.44. The summed E-state index contributed by atoms with van der Waals surface area (Å²) in [5, 5.41) is 3.36. The van der Waals surface area contributed by atoms with Crippen LogP contribution < -0.4 is 25.2 Å². The molecule has 1 aromatic carbocycles. The molecule has 0 spiro atoms. The highest BCUT2D eigenvalue weighted by Crippen LogP contribution is 2.29. The normalized spacial score (nSPS) is 12.0. The van der Waals surface area contributed by atoms with E-state index in [1.54, 1.807) is 12.1 Å². The van der Waals surface area contributed by atoms with E-state index in [2.05, 4.69) is 22.2 Å². The minimum absolute atomic E-state index is 0.00911. The van der Waals surface area contributed by atoms with E-state index in [1.165, 1.54) is 14.2 Å². The Morgan fingerprint density at radius 1 is 1.22 bits per heavy atom. The van der Waals surface area contributed by atoms with Crippen LogP contribution in [0.1, 0.15) is 32.5 Å². The van der Waals surface area contributed by atoms with Gasteiger partial charge in [-0.15, -0.1) is 0 Å². The van der Waals surface area contributed by atoms with E-state index in [4.69, 9.17) is 9.47 Å². The number of H-pyrrole nitrogens is 1. The van der Waals surface area contributed by atoms with Crippen LogP contribution in [0.4, 0.5) is 0 Å². The highest BCUT2D eigenvalue weighted by atomic mass is 16.5. The number of hydrogen-bond donors (Lipinski definition) is 3. The van der Waals surface area contributed by atoms with Crippen LogP contribution in [0.5, 0.6) is 11.5 Å². The fourth-order valence-corrected chi connectivity index (χ4v) is 2.84. The van der Waals surface area contributed by atoms with Crippen LogP contribution in [-0.2, 0) is 11.3 Å². The Hall–Kier alpha value is -2.61. The molecule has 8 nitrogen and oxygen atoms in total. The molecule has 0 fully saturated rings. The molecule has 0 aliphatic carbocycles. The van der Waals surface area contributed by atoms with Gasteiger partial charge >= 0.3 is 0 Å². The second-order valence-corrected chi connectivity index (χ2v) is 6.40. The SMILES string of the molecule is CCCCNC(=O)C[NH+](CC)Cc1nc2cc(OC)c(OC)cc2c(=O)[nH]1. The van der Waals surface area contributed by atoms with Gasteiger partial charge in [0.1, 0.15) is 6.54 Å². The molecule has 0 saturated carbocycles. The third-order valence-corrected chi connectivity index (χ3v) is 4.44. The Morgan fingerprint density at radius 2 is 1.93 bits per heavy atom. The van der Waals surface area contributed by atoms with Crippen LogP contribution in [0.3, 0.4) is 0 Å². The van der Waals surface area contributed by atoms with Crippen molar-refractivity contribution in [2.45, 2.75) is 33.2 Å². The Balaban J connectivity index is 2.19. The number of aromatic nitrogens is 2. The van der Waals surface area contributed by atoms with Crippen molar-refractivity contribution >= 4 is 16.8 Å². The molecule has 0 saturated heterocycles. The number of likely N-dealkylation sites (N-methyl/N-ethyl adjacent to an activating group) is 1. The Bertz CT molecular complexity index is 834. The first-order valence-corrected chi connectivity index (χ1v) is 9.27. The van der Waals surface area contributed by atoms with E-state index in [1.807, 2.05) is 6.92 Å². The number of nitrogens with zero attached hydrogens (tertiary/aromatic N) is 1. The standard InChI is InChI=1S/C19H28N4O4/c1-5-7-8-20-18(24)12-23(6-2)11-17-21-14-10-16(27-4)15(26-3)9-13(14)19(25)22-17/h9-10H,5-8,11-12H2,1-4H3,(H,20,24)(H,21,22,25)/p+1. The zero-order valence-corrected chi connectivity index (χ0v) is 16.5. The van der Waals surface area contributed by atoms with Gasteiger partial charge in [-0.25, -0.2) is 4.98 Å². The van der Waals surface area contributed by atoms with Crippen molar-refractivity contribution in [3.63, 3.8) is 0 Å². The molecule has 0 aliphatic heterocycles. The molecule has 27 heavy (non-hydrogen) atoms. The number of methoxy groups -OCH3 is 2. The molecule has 2 aromatic rings. The van der Waals surface area contributed by atoms with Crippen molar-refractivity contribution in [2.75, 3.05) is 33.9 Å². The molecule has 1 unspecified atom stereocenters. The molecule has 0 aliphatic rings. The molecule has 1 heterocycles. The van der Waals surface area contributed by atoms with E-state index in [0.29, 0.717) is 47.9 Å². The van der Waals surface area contributed by atoms with E-state index >= 15 is 0 Å². The Kier molecular flexibility index (Phi) is 7.60. The average Bonchev–Trinajstić information content (AvgIpc) is 2.66. The van der Waals surface area contributed by atoms with Gasteiger partial charge in [0.2, 0.25) is 0 Å². The summed E-state index contributed by atoms with van der Waals surface area (Å²) in [4.78, 5) is 32.9. The number of amides is 1. The first-order chi connectivity index (χ1) is 13.0. The van der Waals surface area contributed by atoms with Gasteiger partial charge in [0.05, 0.1) is 31.7 Å². The van der Waals surface area contributed by atoms with Gasteiger partial charge in [0.25, 0.3) is 11.5 Å². The zero-order valence-electron chi connectivity index (χ0n) is 16.5. The molecule has 1 amide bonds. The minimum atomic E-state index is -0.237. The average molecular weight is 377 g/mol. The zero-order chi connectivity index (χ0) is 19.8. The molecule has 1 atom stereocenters. The third kappa shape index (κ3) is 5.43. The summed E-state index contributed by atoms with van der Waals surface area (Å²) in [6.07, 6.45) is 2.01. The maximum Gasteiger partial charge on any atom is 0.275 e. The van der Waals surface area contributed by atoms with E-state index in [0.717, 1.165) is 24.3 Å². The van der Waals surface area contributed by atoms with Crippen LogP contribution in [0.15, 0.2) is 16.9 Å². The Morgan fingerprint density at radius 3 is 2.56 bits per heavy atom. The number of rotatable bonds is 10. The number of carbonyl (C=O) groups is 1. The summed E-state index contributed by atoms with van der Waals surface area (Å²) in [6.45, 7) is 6.32. The maximum atomic E-state index is 12.5. The highest BCUT2D eigenvalue weighted by Gasteiger charge is 2.16. The first-order valence-electron chi connectivity index (χ1n) is 9.27. The van der Waals surface area contributed by atoms with Gasteiger partial charge < -0.3 is 24.7 Å². The number of benzene rings is 1. The van der Waals surface area contributed by atoms with Crippen LogP contribution in [0.2, 0.25) is 0 Å². The lowest BCUT2D eigenvalue weighted by atomic mass is 10.2. The number of hydrogen-bond acceptors (Lipinski definition) is 5. The molecule has 8 heteroatoms. The lowest BCUT2D eigenvalue weighted by Crippen LogP contribution is -3.11. The number of fused-ring (bicyclic) bond motifs is 1. The van der Waals surface area contributed by atoms with E-state index in [-0.39, 0.29) is 11.5 Å². The number of quaternary nitrogens is 1. The first kappa shape index (κ1) is 20.7. The van der Waals surface area contributed by atoms with Crippen LogP contribution in [-0.4, -0.2) is 49.7 Å². The summed E-state index contributed by atoms with van der Waals surface area (Å²) in [5.74, 6) is 1.55. The predicted molar refractivity (Wildman–Crippen MR) is 103 cm³/mol. The summed E-state index contributed by atoms with van der Waals surface area (Å²) < 4.78 is 10.5. The highest BCUT2D eigenvalue weighted by molar-refractivity contribution is 5.81. The lowest BCUT2D eigenvalue weighted by molar-refractivity contribution is -0.904. The van der Waals surface area contributed by atoms with Gasteiger partial charge in [0, 0.05) is 12.6 Å². The number of aromatic amines is 1. The molecule has 1 aromatic heterocycles. The van der Waals surface area contributed by atoms with Crippen molar-refractivity contribution in [1.29, 1.82) is 0 Å². The number of unbranched alkanes of at least 4 members (excludes halogenated alkanes) is 1. The van der Waals surface area contributed by atoms with Crippen molar-refractivity contribution in [3.8, 4) is 11.5 Å². The number of ether oxygens (including phenoxy) is 2. The lowest BCUT2D eigenvalue weighted by Gasteiger charge is -2.17. The largest absolute Gasteiger partial charge is 0.493 e. The molecule has 0 radical (unpaired) electrons. The van der Waals surface area contributed by atoms with Gasteiger partial charge in [-0.2, -0.15) is 0 Å². The smallest absolute Gasteiger partial charge is 0.275 e. The number of carbonyl (C=O) groups excluding carboxylic acids is 1. The van der Waals surface area contributed by atoms with Crippen LogP contribution >= 0.6 is 0 Å². The Labute approximate surface area is 158 Å². The van der Waals surface area contributed by atoms with Crippen LogP contribution in [0, 0.1) is 0 Å². The van der Waals surface area contributed by atoms with Crippen molar-refractivity contribution < 1.29 is 19.2 Å². The molecular formula is C19H29N4O4+. The van der Waals surface area contributed by atoms with Gasteiger partial charge in [-0.3, -0.25) is 9.59 Å². The second kappa shape index (κ2) is 9.91. The molecule has 0 bridgehead atoms. The molecule has 3 N–H and O–H groups in total. The summed E-state index contributed by atoms with van der Waals surface area (Å²) in [5.41, 5.74) is 0.299. The fraction of sp³-hybridized carbons (Fsp3) is 0.526. The van der Waals surface area contributed by atoms with Crippen LogP contribution in [0.25, 0.3) is 10.9 Å². The molecular weight excluding hydrogens is 348 g/mol. The van der Waals surface area contributed by atoms with E-state index in [9.17, 15) is 9.59 Å². The monoisotopic (exact) mass is 377 g/mol. The van der Waals surface area contributed by atoms with Crippen molar-refractivity contribution in [2.24, 2.45) is 0 Å². The van der Waals surface area contributed by atoms with Gasteiger partial charge in [-0.05, 0) is 19.4 Å².